The van der Waals surface area contributed by atoms with Gasteiger partial charge in [0, 0.05) is 5.56 Å². The molecule has 2 N–H and O–H groups in total. The molecule has 2 rings (SSSR count). The van der Waals surface area contributed by atoms with Gasteiger partial charge in [-0.05, 0) is 30.7 Å². The molecule has 0 fully saturated rings. The number of nitrogens with one attached hydrogen (secondary N) is 1. The lowest BCUT2D eigenvalue weighted by Gasteiger charge is -2.14. The Bertz CT molecular complexity index is 623. The van der Waals surface area contributed by atoms with Crippen molar-refractivity contribution in [3.63, 3.8) is 0 Å². The fourth-order valence-corrected chi connectivity index (χ4v) is 2.02. The van der Waals surface area contributed by atoms with E-state index in [1.54, 1.807) is 41.3 Å². The molecular formula is C15H18N4O3. The highest BCUT2D eigenvalue weighted by atomic mass is 16.4. The monoisotopic (exact) mass is 302 g/mol. The summed E-state index contributed by atoms with van der Waals surface area (Å²) in [5.41, 5.74) is 1.18. The zero-order valence-electron chi connectivity index (χ0n) is 12.3. The largest absolute Gasteiger partial charge is 0.480 e. The van der Waals surface area contributed by atoms with Gasteiger partial charge >= 0.3 is 5.97 Å². The van der Waals surface area contributed by atoms with Crippen LogP contribution < -0.4 is 5.32 Å². The summed E-state index contributed by atoms with van der Waals surface area (Å²) in [5, 5.41) is 19.2. The van der Waals surface area contributed by atoms with E-state index in [9.17, 15) is 9.59 Å². The molecule has 116 valence electrons. The van der Waals surface area contributed by atoms with E-state index >= 15 is 0 Å². The minimum Gasteiger partial charge on any atom is -0.480 e. The van der Waals surface area contributed by atoms with E-state index in [4.69, 9.17) is 5.11 Å². The lowest BCUT2D eigenvalue weighted by atomic mass is 10.1. The van der Waals surface area contributed by atoms with Crippen LogP contribution in [-0.4, -0.2) is 38.0 Å². The number of hydrogen-bond donors (Lipinski definition) is 2. The Morgan fingerprint density at radius 1 is 1.32 bits per heavy atom. The maximum absolute atomic E-state index is 12.1. The molecule has 0 bridgehead atoms. The molecule has 0 saturated heterocycles. The Morgan fingerprint density at radius 2 is 2.05 bits per heavy atom. The number of benzene rings is 1. The number of amides is 1. The third-order valence-corrected chi connectivity index (χ3v) is 3.27. The minimum atomic E-state index is -1.01. The number of unbranched alkanes of at least 4 members (excludes halogenated alkanes) is 1. The summed E-state index contributed by atoms with van der Waals surface area (Å²) in [6.07, 6.45) is 5.31. The van der Waals surface area contributed by atoms with E-state index in [0.717, 1.165) is 18.5 Å². The number of hydrogen-bond acceptors (Lipinski definition) is 4. The Morgan fingerprint density at radius 3 is 2.59 bits per heavy atom. The van der Waals surface area contributed by atoms with E-state index in [1.165, 1.54) is 0 Å². The van der Waals surface area contributed by atoms with Gasteiger partial charge < -0.3 is 10.4 Å². The van der Waals surface area contributed by atoms with Crippen molar-refractivity contribution >= 4 is 11.9 Å². The molecule has 7 heteroatoms. The number of carbonyl (C=O) groups excluding carboxylic acids is 1. The average Bonchev–Trinajstić information content (AvgIpc) is 3.05. The number of rotatable bonds is 7. The fraction of sp³-hybridized carbons (Fsp3) is 0.333. The molecule has 0 saturated carbocycles. The molecule has 2 aromatic rings. The summed E-state index contributed by atoms with van der Waals surface area (Å²) in [6, 6.07) is 5.86. The van der Waals surface area contributed by atoms with Crippen molar-refractivity contribution < 1.29 is 14.7 Å². The smallest absolute Gasteiger partial charge is 0.326 e. The van der Waals surface area contributed by atoms with Crippen LogP contribution in [-0.2, 0) is 4.79 Å². The molecule has 1 amide bonds. The summed E-state index contributed by atoms with van der Waals surface area (Å²) in [4.78, 5) is 23.3. The second kappa shape index (κ2) is 7.35. The highest BCUT2D eigenvalue weighted by Crippen LogP contribution is 2.09. The first kappa shape index (κ1) is 15.7. The zero-order chi connectivity index (χ0) is 15.9. The van der Waals surface area contributed by atoms with E-state index in [1.807, 2.05) is 6.92 Å². The summed E-state index contributed by atoms with van der Waals surface area (Å²) in [7, 11) is 0. The van der Waals surface area contributed by atoms with Crippen molar-refractivity contribution in [2.24, 2.45) is 0 Å². The molecule has 0 aliphatic rings. The van der Waals surface area contributed by atoms with Crippen LogP contribution in [0.1, 0.15) is 36.5 Å². The topological polar surface area (TPSA) is 97.1 Å². The van der Waals surface area contributed by atoms with Gasteiger partial charge in [0.2, 0.25) is 0 Å². The second-order valence-electron chi connectivity index (χ2n) is 4.90. The van der Waals surface area contributed by atoms with Crippen LogP contribution in [0, 0.1) is 0 Å². The number of aromatic nitrogens is 3. The number of nitrogens with zero attached hydrogens (tertiary/aromatic N) is 3. The fourth-order valence-electron chi connectivity index (χ4n) is 2.02. The first-order chi connectivity index (χ1) is 10.6. The number of carbonyl (C=O) groups is 2. The Kier molecular flexibility index (Phi) is 5.24. The van der Waals surface area contributed by atoms with Crippen LogP contribution >= 0.6 is 0 Å². The Labute approximate surface area is 128 Å². The van der Waals surface area contributed by atoms with E-state index in [-0.39, 0.29) is 0 Å². The van der Waals surface area contributed by atoms with Crippen LogP contribution in [0.25, 0.3) is 5.69 Å². The molecule has 1 aromatic carbocycles. The molecule has 0 spiro atoms. The van der Waals surface area contributed by atoms with E-state index < -0.39 is 17.9 Å². The van der Waals surface area contributed by atoms with Crippen molar-refractivity contribution in [1.29, 1.82) is 0 Å². The van der Waals surface area contributed by atoms with Gasteiger partial charge in [-0.25, -0.2) is 9.48 Å². The molecule has 1 unspecified atom stereocenters. The molecule has 22 heavy (non-hydrogen) atoms. The van der Waals surface area contributed by atoms with Crippen LogP contribution in [0.5, 0.6) is 0 Å². The second-order valence-corrected chi connectivity index (χ2v) is 4.90. The molecule has 1 atom stereocenters. The number of aliphatic carboxylic acids is 1. The first-order valence-corrected chi connectivity index (χ1v) is 7.12. The number of carboxylic acids is 1. The predicted octanol–water partition coefficient (Wildman–Crippen LogP) is 1.64. The van der Waals surface area contributed by atoms with Crippen molar-refractivity contribution in [3.05, 3.63) is 42.2 Å². The maximum Gasteiger partial charge on any atom is 0.326 e. The minimum absolute atomic E-state index is 0.395. The van der Waals surface area contributed by atoms with Gasteiger partial charge in [0.05, 0.1) is 18.1 Å². The average molecular weight is 302 g/mol. The SMILES string of the molecule is CCCCC(NC(=O)c1ccc(-n2ccnn2)cc1)C(=O)O. The first-order valence-electron chi connectivity index (χ1n) is 7.12. The lowest BCUT2D eigenvalue weighted by Crippen LogP contribution is -2.40. The lowest BCUT2D eigenvalue weighted by molar-refractivity contribution is -0.139. The van der Waals surface area contributed by atoms with Gasteiger partial charge in [0.15, 0.2) is 0 Å². The highest BCUT2D eigenvalue weighted by Gasteiger charge is 2.19. The van der Waals surface area contributed by atoms with Crippen LogP contribution in [0.15, 0.2) is 36.7 Å². The van der Waals surface area contributed by atoms with Crippen molar-refractivity contribution in [3.8, 4) is 5.69 Å². The summed E-state index contributed by atoms with van der Waals surface area (Å²) < 4.78 is 1.57. The Hall–Kier alpha value is -2.70. The zero-order valence-corrected chi connectivity index (χ0v) is 12.3. The standard InChI is InChI=1S/C15H18N4O3/c1-2-3-4-13(15(21)22)17-14(20)11-5-7-12(8-6-11)19-10-9-16-18-19/h5-10,13H,2-4H2,1H3,(H,17,20)(H,21,22). The molecule has 0 aliphatic heterocycles. The summed E-state index contributed by atoms with van der Waals surface area (Å²) in [6.45, 7) is 1.98. The van der Waals surface area contributed by atoms with Crippen molar-refractivity contribution in [2.75, 3.05) is 0 Å². The third kappa shape index (κ3) is 3.91. The summed E-state index contributed by atoms with van der Waals surface area (Å²) in [5.74, 6) is -1.41. The van der Waals surface area contributed by atoms with Gasteiger partial charge in [-0.15, -0.1) is 5.10 Å². The Balaban J connectivity index is 2.04. The van der Waals surface area contributed by atoms with Gasteiger partial charge in [-0.1, -0.05) is 25.0 Å². The van der Waals surface area contributed by atoms with Gasteiger partial charge in [-0.2, -0.15) is 0 Å². The molecule has 7 nitrogen and oxygen atoms in total. The van der Waals surface area contributed by atoms with Crippen molar-refractivity contribution in [2.45, 2.75) is 32.2 Å². The van der Waals surface area contributed by atoms with Crippen molar-refractivity contribution in [1.82, 2.24) is 20.3 Å². The van der Waals surface area contributed by atoms with E-state index in [2.05, 4.69) is 15.6 Å². The van der Waals surface area contributed by atoms with Crippen LogP contribution in [0.2, 0.25) is 0 Å². The predicted molar refractivity (Wildman–Crippen MR) is 79.8 cm³/mol. The van der Waals surface area contributed by atoms with Gasteiger partial charge in [-0.3, -0.25) is 4.79 Å². The number of carboxylic acid groups (broad SMARTS) is 1. The van der Waals surface area contributed by atoms with Crippen LogP contribution in [0.4, 0.5) is 0 Å². The molecular weight excluding hydrogens is 284 g/mol. The normalized spacial score (nSPS) is 11.9. The molecule has 0 aliphatic carbocycles. The summed E-state index contributed by atoms with van der Waals surface area (Å²) >= 11 is 0. The third-order valence-electron chi connectivity index (χ3n) is 3.27. The molecule has 0 radical (unpaired) electrons. The molecule has 1 heterocycles. The van der Waals surface area contributed by atoms with Gasteiger partial charge in [0.25, 0.3) is 5.91 Å². The van der Waals surface area contributed by atoms with E-state index in [0.29, 0.717) is 12.0 Å². The quantitative estimate of drug-likeness (QED) is 0.810. The highest BCUT2D eigenvalue weighted by molar-refractivity contribution is 5.96. The molecule has 1 aromatic heterocycles. The van der Waals surface area contributed by atoms with Crippen LogP contribution in [0.3, 0.4) is 0 Å². The van der Waals surface area contributed by atoms with Gasteiger partial charge in [0.1, 0.15) is 6.04 Å². The maximum atomic E-state index is 12.1.